The number of benzene rings is 2. The molecule has 0 fully saturated rings. The highest BCUT2D eigenvalue weighted by Crippen LogP contribution is 2.16. The molecule has 0 aliphatic rings. The Bertz CT molecular complexity index is 713. The summed E-state index contributed by atoms with van der Waals surface area (Å²) in [5.74, 6) is 0.815. The lowest BCUT2D eigenvalue weighted by molar-refractivity contribution is 0.363. The van der Waals surface area contributed by atoms with Gasteiger partial charge in [-0.1, -0.05) is 30.4 Å². The van der Waals surface area contributed by atoms with Gasteiger partial charge in [-0.3, -0.25) is 0 Å². The van der Waals surface area contributed by atoms with Crippen molar-refractivity contribution in [3.63, 3.8) is 0 Å². The Labute approximate surface area is 168 Å². The third-order valence-corrected chi connectivity index (χ3v) is 4.40. The predicted octanol–water partition coefficient (Wildman–Crippen LogP) is 4.76. The van der Waals surface area contributed by atoms with Crippen LogP contribution in [0.2, 0.25) is 0 Å². The Hall–Kier alpha value is -2.53. The molecule has 4 nitrogen and oxygen atoms in total. The topological polar surface area (TPSA) is 36.5 Å². The number of ether oxygens (including phenoxy) is 1. The lowest BCUT2D eigenvalue weighted by Gasteiger charge is -2.23. The number of rotatable bonds is 10. The number of hydrogen-bond donors (Lipinski definition) is 2. The van der Waals surface area contributed by atoms with Crippen LogP contribution in [-0.2, 0) is 0 Å². The van der Waals surface area contributed by atoms with E-state index in [1.807, 2.05) is 24.3 Å². The maximum atomic E-state index is 5.47. The van der Waals surface area contributed by atoms with Gasteiger partial charge in [-0.15, -0.1) is 0 Å². The zero-order chi connectivity index (χ0) is 19.5. The summed E-state index contributed by atoms with van der Waals surface area (Å²) in [6.45, 7) is 11.2. The third kappa shape index (κ3) is 7.31. The van der Waals surface area contributed by atoms with Gasteiger partial charge in [0.2, 0.25) is 0 Å². The van der Waals surface area contributed by atoms with Crippen LogP contribution in [0.1, 0.15) is 18.9 Å². The summed E-state index contributed by atoms with van der Waals surface area (Å²) in [5, 5.41) is 7.10. The van der Waals surface area contributed by atoms with Gasteiger partial charge in [0, 0.05) is 31.0 Å². The number of aryl methyl sites for hydroxylation is 1. The summed E-state index contributed by atoms with van der Waals surface area (Å²) < 4.78 is 5.47. The van der Waals surface area contributed by atoms with Gasteiger partial charge in [0.05, 0.1) is 0 Å². The van der Waals surface area contributed by atoms with E-state index in [0.717, 1.165) is 37.5 Å². The molecule has 2 aromatic rings. The first kappa shape index (κ1) is 20.8. The fraction of sp³-hybridized carbons (Fsp3) is 0.318. The monoisotopic (exact) mass is 383 g/mol. The summed E-state index contributed by atoms with van der Waals surface area (Å²) in [5.41, 5.74) is 3.49. The Morgan fingerprint density at radius 1 is 1.15 bits per heavy atom. The van der Waals surface area contributed by atoms with Crippen LogP contribution in [0.5, 0.6) is 5.75 Å². The van der Waals surface area contributed by atoms with Crippen molar-refractivity contribution in [3.8, 4) is 5.75 Å². The molecule has 0 bridgehead atoms. The molecule has 0 saturated heterocycles. The SMILES string of the molecule is C=CCOc1ccc(NC(=S)NCCCN(CC)c2ccc(C)cc2)cc1. The number of nitrogens with zero attached hydrogens (tertiary/aromatic N) is 1. The van der Waals surface area contributed by atoms with Gasteiger partial charge in [-0.05, 0) is 68.9 Å². The van der Waals surface area contributed by atoms with Gasteiger partial charge in [0.25, 0.3) is 0 Å². The van der Waals surface area contributed by atoms with E-state index in [9.17, 15) is 0 Å². The summed E-state index contributed by atoms with van der Waals surface area (Å²) in [4.78, 5) is 2.37. The second-order valence-corrected chi connectivity index (χ2v) is 6.68. The molecule has 0 aromatic heterocycles. The zero-order valence-corrected chi connectivity index (χ0v) is 17.0. The number of anilines is 2. The van der Waals surface area contributed by atoms with Crippen molar-refractivity contribution in [1.82, 2.24) is 5.32 Å². The van der Waals surface area contributed by atoms with Crippen LogP contribution in [0, 0.1) is 6.92 Å². The largest absolute Gasteiger partial charge is 0.490 e. The quantitative estimate of drug-likeness (QED) is 0.351. The first-order valence-corrected chi connectivity index (χ1v) is 9.73. The van der Waals surface area contributed by atoms with Gasteiger partial charge in [0.1, 0.15) is 12.4 Å². The molecule has 0 amide bonds. The van der Waals surface area contributed by atoms with Gasteiger partial charge >= 0.3 is 0 Å². The molecular weight excluding hydrogens is 354 g/mol. The molecule has 0 spiro atoms. The minimum atomic E-state index is 0.504. The number of thiocarbonyl (C=S) groups is 1. The highest BCUT2D eigenvalue weighted by Gasteiger charge is 2.04. The molecule has 2 aromatic carbocycles. The van der Waals surface area contributed by atoms with E-state index >= 15 is 0 Å². The molecule has 2 rings (SSSR count). The number of hydrogen-bond acceptors (Lipinski definition) is 3. The highest BCUT2D eigenvalue weighted by molar-refractivity contribution is 7.80. The van der Waals surface area contributed by atoms with E-state index in [1.165, 1.54) is 11.3 Å². The maximum absolute atomic E-state index is 5.47. The lowest BCUT2D eigenvalue weighted by atomic mass is 10.2. The van der Waals surface area contributed by atoms with Crippen molar-refractivity contribution in [2.75, 3.05) is 36.5 Å². The van der Waals surface area contributed by atoms with E-state index in [2.05, 4.69) is 60.2 Å². The molecule has 0 aliphatic heterocycles. The Balaban J connectivity index is 1.70. The molecule has 0 heterocycles. The Kier molecular flexibility index (Phi) is 8.65. The van der Waals surface area contributed by atoms with E-state index in [-0.39, 0.29) is 0 Å². The van der Waals surface area contributed by atoms with Crippen LogP contribution in [0.3, 0.4) is 0 Å². The summed E-state index contributed by atoms with van der Waals surface area (Å²) >= 11 is 5.37. The molecular formula is C22H29N3OS. The third-order valence-electron chi connectivity index (χ3n) is 4.15. The van der Waals surface area contributed by atoms with Crippen LogP contribution in [0.15, 0.2) is 61.2 Å². The van der Waals surface area contributed by atoms with Crippen LogP contribution in [0.4, 0.5) is 11.4 Å². The van der Waals surface area contributed by atoms with Crippen molar-refractivity contribution >= 4 is 28.7 Å². The van der Waals surface area contributed by atoms with Crippen molar-refractivity contribution in [3.05, 3.63) is 66.7 Å². The van der Waals surface area contributed by atoms with Crippen molar-refractivity contribution in [2.24, 2.45) is 0 Å². The van der Waals surface area contributed by atoms with E-state index < -0.39 is 0 Å². The van der Waals surface area contributed by atoms with Crippen LogP contribution in [-0.4, -0.2) is 31.4 Å². The molecule has 5 heteroatoms. The van der Waals surface area contributed by atoms with E-state index in [0.29, 0.717) is 11.7 Å². The molecule has 2 N–H and O–H groups in total. The van der Waals surface area contributed by atoms with Gasteiger partial charge in [-0.2, -0.15) is 0 Å². The average Bonchev–Trinajstić information content (AvgIpc) is 2.68. The van der Waals surface area contributed by atoms with Gasteiger partial charge < -0.3 is 20.3 Å². The number of nitrogens with one attached hydrogen (secondary N) is 2. The summed E-state index contributed by atoms with van der Waals surface area (Å²) in [7, 11) is 0. The van der Waals surface area contributed by atoms with Crippen LogP contribution < -0.4 is 20.3 Å². The van der Waals surface area contributed by atoms with Crippen molar-refractivity contribution in [2.45, 2.75) is 20.3 Å². The predicted molar refractivity (Wildman–Crippen MR) is 120 cm³/mol. The minimum absolute atomic E-state index is 0.504. The maximum Gasteiger partial charge on any atom is 0.170 e. The molecule has 0 saturated carbocycles. The zero-order valence-electron chi connectivity index (χ0n) is 16.2. The molecule has 0 atom stereocenters. The van der Waals surface area contributed by atoms with Crippen LogP contribution >= 0.6 is 12.2 Å². The highest BCUT2D eigenvalue weighted by atomic mass is 32.1. The van der Waals surface area contributed by atoms with E-state index in [4.69, 9.17) is 17.0 Å². The first-order valence-electron chi connectivity index (χ1n) is 9.32. The molecule has 0 aliphatic carbocycles. The second-order valence-electron chi connectivity index (χ2n) is 6.27. The standard InChI is InChI=1S/C22H29N3OS/c1-4-17-26-21-13-9-19(10-14-21)24-22(27)23-15-6-16-25(5-2)20-11-7-18(3)8-12-20/h4,7-14H,1,5-6,15-17H2,2-3H3,(H2,23,24,27). The Morgan fingerprint density at radius 2 is 1.85 bits per heavy atom. The van der Waals surface area contributed by atoms with Crippen LogP contribution in [0.25, 0.3) is 0 Å². The Morgan fingerprint density at radius 3 is 2.48 bits per heavy atom. The smallest absolute Gasteiger partial charge is 0.170 e. The molecule has 0 radical (unpaired) electrons. The summed E-state index contributed by atoms with van der Waals surface area (Å²) in [6.07, 6.45) is 2.74. The van der Waals surface area contributed by atoms with Crippen molar-refractivity contribution in [1.29, 1.82) is 0 Å². The van der Waals surface area contributed by atoms with Crippen molar-refractivity contribution < 1.29 is 4.74 Å². The normalized spacial score (nSPS) is 10.1. The lowest BCUT2D eigenvalue weighted by Crippen LogP contribution is -2.32. The summed E-state index contributed by atoms with van der Waals surface area (Å²) in [6, 6.07) is 16.4. The van der Waals surface area contributed by atoms with E-state index in [1.54, 1.807) is 6.08 Å². The second kappa shape index (κ2) is 11.2. The average molecular weight is 384 g/mol. The van der Waals surface area contributed by atoms with Gasteiger partial charge in [0.15, 0.2) is 5.11 Å². The van der Waals surface area contributed by atoms with Gasteiger partial charge in [-0.25, -0.2) is 0 Å². The fourth-order valence-electron chi connectivity index (χ4n) is 2.66. The molecule has 0 unspecified atom stereocenters. The minimum Gasteiger partial charge on any atom is -0.490 e. The first-order chi connectivity index (χ1) is 13.1. The molecule has 144 valence electrons. The fourth-order valence-corrected chi connectivity index (χ4v) is 2.88. The molecule has 27 heavy (non-hydrogen) atoms.